The van der Waals surface area contributed by atoms with E-state index in [0.29, 0.717) is 0 Å². The Morgan fingerprint density at radius 2 is 1.84 bits per heavy atom. The van der Waals surface area contributed by atoms with E-state index in [4.69, 9.17) is 0 Å². The maximum Gasteiger partial charge on any atom is 0.145 e. The van der Waals surface area contributed by atoms with Gasteiger partial charge in [-0.15, -0.1) is 0 Å². The van der Waals surface area contributed by atoms with Crippen LogP contribution in [0.3, 0.4) is 0 Å². The molecule has 1 aromatic heterocycles. The van der Waals surface area contributed by atoms with Gasteiger partial charge >= 0.3 is 0 Å². The molecule has 1 aromatic carbocycles. The summed E-state index contributed by atoms with van der Waals surface area (Å²) in [5.41, 5.74) is 1.28. The Balaban J connectivity index is 2.11. The van der Waals surface area contributed by atoms with Crippen LogP contribution in [-0.2, 0) is 6.42 Å². The molecular weight excluding hydrogens is 302 g/mol. The van der Waals surface area contributed by atoms with E-state index in [1.807, 2.05) is 6.07 Å². The van der Waals surface area contributed by atoms with Gasteiger partial charge in [0, 0.05) is 16.9 Å². The van der Waals surface area contributed by atoms with Gasteiger partial charge in [0.1, 0.15) is 5.82 Å². The first-order valence-electron chi connectivity index (χ1n) is 6.54. The zero-order valence-electron chi connectivity index (χ0n) is 11.0. The maximum atomic E-state index is 4.36. The predicted molar refractivity (Wildman–Crippen MR) is 80.9 cm³/mol. The molecule has 100 valence electrons. The summed E-state index contributed by atoms with van der Waals surface area (Å²) in [6.45, 7) is 3.13. The van der Waals surface area contributed by atoms with Crippen LogP contribution in [0.2, 0.25) is 0 Å². The Labute approximate surface area is 122 Å². The highest BCUT2D eigenvalue weighted by molar-refractivity contribution is 9.10. The summed E-state index contributed by atoms with van der Waals surface area (Å²) in [6.07, 6.45) is 5.59. The minimum absolute atomic E-state index is 0.169. The van der Waals surface area contributed by atoms with Gasteiger partial charge in [-0.2, -0.15) is 0 Å². The van der Waals surface area contributed by atoms with Crippen LogP contribution in [0.4, 0.5) is 0 Å². The Morgan fingerprint density at radius 3 is 2.47 bits per heavy atom. The number of nitrogens with one attached hydrogen (secondary N) is 1. The summed E-state index contributed by atoms with van der Waals surface area (Å²) in [5, 5.41) is 3.51. The second-order valence-electron chi connectivity index (χ2n) is 4.44. The van der Waals surface area contributed by atoms with Crippen molar-refractivity contribution in [3.8, 4) is 0 Å². The fourth-order valence-corrected chi connectivity index (χ4v) is 2.18. The van der Waals surface area contributed by atoms with E-state index in [-0.39, 0.29) is 6.04 Å². The molecule has 2 aromatic rings. The average Bonchev–Trinajstić information content (AvgIpc) is 2.46. The number of rotatable bonds is 6. The summed E-state index contributed by atoms with van der Waals surface area (Å²) in [5.74, 6) is 0.860. The van der Waals surface area contributed by atoms with Crippen LogP contribution < -0.4 is 5.32 Å². The van der Waals surface area contributed by atoms with Gasteiger partial charge < -0.3 is 5.32 Å². The zero-order chi connectivity index (χ0) is 13.5. The Kier molecular flexibility index (Phi) is 5.48. The van der Waals surface area contributed by atoms with Gasteiger partial charge in [-0.3, -0.25) is 0 Å². The van der Waals surface area contributed by atoms with E-state index in [9.17, 15) is 0 Å². The van der Waals surface area contributed by atoms with E-state index in [1.165, 1.54) is 5.56 Å². The summed E-state index contributed by atoms with van der Waals surface area (Å²) in [6, 6.07) is 10.4. The number of benzene rings is 1. The topological polar surface area (TPSA) is 37.8 Å². The number of hydrogen-bond acceptors (Lipinski definition) is 3. The predicted octanol–water partition coefficient (Wildman–Crippen LogP) is 3.52. The average molecular weight is 320 g/mol. The molecule has 19 heavy (non-hydrogen) atoms. The van der Waals surface area contributed by atoms with Crippen molar-refractivity contribution in [1.29, 1.82) is 0 Å². The molecule has 1 atom stereocenters. The van der Waals surface area contributed by atoms with Crippen LogP contribution in [0.15, 0.2) is 47.2 Å². The highest BCUT2D eigenvalue weighted by Gasteiger charge is 2.13. The first kappa shape index (κ1) is 14.2. The van der Waals surface area contributed by atoms with Gasteiger partial charge in [-0.05, 0) is 43.1 Å². The second-order valence-corrected chi connectivity index (χ2v) is 5.36. The van der Waals surface area contributed by atoms with Gasteiger partial charge in [-0.25, -0.2) is 9.97 Å². The van der Waals surface area contributed by atoms with E-state index in [1.54, 1.807) is 12.4 Å². The molecule has 0 saturated carbocycles. The van der Waals surface area contributed by atoms with Gasteiger partial charge in [0.2, 0.25) is 0 Å². The minimum Gasteiger partial charge on any atom is -0.307 e. The van der Waals surface area contributed by atoms with Crippen molar-refractivity contribution in [2.75, 3.05) is 6.54 Å². The van der Waals surface area contributed by atoms with Crippen molar-refractivity contribution in [3.63, 3.8) is 0 Å². The van der Waals surface area contributed by atoms with Crippen LogP contribution >= 0.6 is 15.9 Å². The van der Waals surface area contributed by atoms with Gasteiger partial charge in [-0.1, -0.05) is 35.0 Å². The molecule has 2 rings (SSSR count). The second kappa shape index (κ2) is 7.36. The standard InChI is InChI=1S/C15H18BrN3/c1-2-8-17-14(15-18-9-3-10-19-15)11-12-4-6-13(16)7-5-12/h3-7,9-10,14,17H,2,8,11H2,1H3. The lowest BCUT2D eigenvalue weighted by atomic mass is 10.1. The summed E-state index contributed by atoms with van der Waals surface area (Å²) in [7, 11) is 0. The van der Waals surface area contributed by atoms with Crippen molar-refractivity contribution in [3.05, 3.63) is 58.6 Å². The molecule has 0 amide bonds. The van der Waals surface area contributed by atoms with Crippen LogP contribution in [0, 0.1) is 0 Å². The van der Waals surface area contributed by atoms with Crippen molar-refractivity contribution in [1.82, 2.24) is 15.3 Å². The van der Waals surface area contributed by atoms with Crippen molar-refractivity contribution >= 4 is 15.9 Å². The first-order valence-corrected chi connectivity index (χ1v) is 7.33. The highest BCUT2D eigenvalue weighted by atomic mass is 79.9. The molecule has 0 aliphatic rings. The fourth-order valence-electron chi connectivity index (χ4n) is 1.92. The molecule has 3 nitrogen and oxygen atoms in total. The monoisotopic (exact) mass is 319 g/mol. The molecule has 0 fully saturated rings. The summed E-state index contributed by atoms with van der Waals surface area (Å²) in [4.78, 5) is 8.73. The van der Waals surface area contributed by atoms with E-state index < -0.39 is 0 Å². The Bertz CT molecular complexity index is 485. The van der Waals surface area contributed by atoms with E-state index in [2.05, 4.69) is 62.4 Å². The normalized spacial score (nSPS) is 12.3. The zero-order valence-corrected chi connectivity index (χ0v) is 12.6. The molecule has 0 bridgehead atoms. The molecule has 0 spiro atoms. The third kappa shape index (κ3) is 4.40. The van der Waals surface area contributed by atoms with Crippen LogP contribution in [0.25, 0.3) is 0 Å². The Hall–Kier alpha value is -1.26. The van der Waals surface area contributed by atoms with Crippen molar-refractivity contribution < 1.29 is 0 Å². The summed E-state index contributed by atoms with van der Waals surface area (Å²) < 4.78 is 1.10. The lowest BCUT2D eigenvalue weighted by Gasteiger charge is -2.17. The van der Waals surface area contributed by atoms with Gasteiger partial charge in [0.15, 0.2) is 0 Å². The number of hydrogen-bond donors (Lipinski definition) is 1. The quantitative estimate of drug-likeness (QED) is 0.885. The molecule has 1 N–H and O–H groups in total. The van der Waals surface area contributed by atoms with Gasteiger partial charge in [0.05, 0.1) is 6.04 Å². The molecule has 1 heterocycles. The van der Waals surface area contributed by atoms with Crippen LogP contribution in [-0.4, -0.2) is 16.5 Å². The molecular formula is C15H18BrN3. The van der Waals surface area contributed by atoms with E-state index >= 15 is 0 Å². The lowest BCUT2D eigenvalue weighted by molar-refractivity contribution is 0.504. The highest BCUT2D eigenvalue weighted by Crippen LogP contribution is 2.17. The van der Waals surface area contributed by atoms with Crippen LogP contribution in [0.5, 0.6) is 0 Å². The fraction of sp³-hybridized carbons (Fsp3) is 0.333. The number of nitrogens with zero attached hydrogens (tertiary/aromatic N) is 2. The minimum atomic E-state index is 0.169. The smallest absolute Gasteiger partial charge is 0.145 e. The lowest BCUT2D eigenvalue weighted by Crippen LogP contribution is -2.25. The first-order chi connectivity index (χ1) is 9.29. The SMILES string of the molecule is CCCNC(Cc1ccc(Br)cc1)c1ncccn1. The van der Waals surface area contributed by atoms with Crippen molar-refractivity contribution in [2.45, 2.75) is 25.8 Å². The van der Waals surface area contributed by atoms with Gasteiger partial charge in [0.25, 0.3) is 0 Å². The number of halogens is 1. The molecule has 0 aliphatic carbocycles. The molecule has 0 aliphatic heterocycles. The number of aromatic nitrogens is 2. The third-order valence-corrected chi connectivity index (χ3v) is 3.42. The van der Waals surface area contributed by atoms with Crippen molar-refractivity contribution in [2.24, 2.45) is 0 Å². The largest absolute Gasteiger partial charge is 0.307 e. The summed E-state index contributed by atoms with van der Waals surface area (Å²) >= 11 is 3.46. The third-order valence-electron chi connectivity index (χ3n) is 2.89. The van der Waals surface area contributed by atoms with Crippen LogP contribution in [0.1, 0.15) is 30.8 Å². The molecule has 1 unspecified atom stereocenters. The molecule has 0 saturated heterocycles. The maximum absolute atomic E-state index is 4.36. The van der Waals surface area contributed by atoms with E-state index in [0.717, 1.165) is 29.7 Å². The molecule has 0 radical (unpaired) electrons. The Morgan fingerprint density at radius 1 is 1.16 bits per heavy atom. The molecule has 4 heteroatoms.